The molecule has 3 heteroatoms. The first kappa shape index (κ1) is 12.0. The van der Waals surface area contributed by atoms with E-state index >= 15 is 0 Å². The van der Waals surface area contributed by atoms with Crippen molar-refractivity contribution in [2.45, 2.75) is 25.8 Å². The molecule has 0 bridgehead atoms. The number of nitrogens with two attached hydrogens (primary N) is 1. The molecule has 0 aliphatic heterocycles. The Hall–Kier alpha value is -1.06. The van der Waals surface area contributed by atoms with E-state index < -0.39 is 0 Å². The summed E-state index contributed by atoms with van der Waals surface area (Å²) in [5.74, 6) is 0.850. The van der Waals surface area contributed by atoms with Crippen LogP contribution in [0.25, 0.3) is 0 Å². The molecule has 3 nitrogen and oxygen atoms in total. The number of unbranched alkanes of at least 4 members (excludes halogenated alkanes) is 1. The lowest BCUT2D eigenvalue weighted by atomic mass is 10.1. The molecule has 84 valence electrons. The Morgan fingerprint density at radius 1 is 1.40 bits per heavy atom. The van der Waals surface area contributed by atoms with Gasteiger partial charge in [0.15, 0.2) is 0 Å². The molecule has 1 unspecified atom stereocenters. The Balaban J connectivity index is 2.43. The molecule has 1 atom stereocenters. The predicted octanol–water partition coefficient (Wildman–Crippen LogP) is 1.86. The van der Waals surface area contributed by atoms with Crippen LogP contribution in [0.3, 0.4) is 0 Å². The van der Waals surface area contributed by atoms with E-state index in [0.29, 0.717) is 6.61 Å². The van der Waals surface area contributed by atoms with E-state index in [9.17, 15) is 0 Å². The molecule has 1 aromatic rings. The number of aliphatic hydroxyl groups is 1. The lowest BCUT2D eigenvalue weighted by Gasteiger charge is -2.09. The van der Waals surface area contributed by atoms with Crippen LogP contribution in [-0.2, 0) is 0 Å². The Morgan fingerprint density at radius 3 is 2.87 bits per heavy atom. The number of rotatable bonds is 6. The van der Waals surface area contributed by atoms with Crippen LogP contribution in [0.5, 0.6) is 5.75 Å². The van der Waals surface area contributed by atoms with Crippen molar-refractivity contribution in [1.82, 2.24) is 0 Å². The highest BCUT2D eigenvalue weighted by molar-refractivity contribution is 5.30. The smallest absolute Gasteiger partial charge is 0.119 e. The first-order valence-electron chi connectivity index (χ1n) is 5.33. The molecular formula is C12H19NO2. The average Bonchev–Trinajstić information content (AvgIpc) is 2.25. The summed E-state index contributed by atoms with van der Waals surface area (Å²) < 4.78 is 5.53. The molecule has 0 amide bonds. The van der Waals surface area contributed by atoms with Gasteiger partial charge in [-0.3, -0.25) is 0 Å². The van der Waals surface area contributed by atoms with Crippen molar-refractivity contribution >= 4 is 0 Å². The van der Waals surface area contributed by atoms with E-state index in [4.69, 9.17) is 15.6 Å². The van der Waals surface area contributed by atoms with Crippen molar-refractivity contribution in [3.63, 3.8) is 0 Å². The fourth-order valence-electron chi connectivity index (χ4n) is 1.29. The third-order valence-corrected chi connectivity index (χ3v) is 2.21. The molecule has 1 rings (SSSR count). The molecule has 0 saturated carbocycles. The highest BCUT2D eigenvalue weighted by Gasteiger charge is 2.00. The fourth-order valence-corrected chi connectivity index (χ4v) is 1.29. The highest BCUT2D eigenvalue weighted by Crippen LogP contribution is 2.17. The van der Waals surface area contributed by atoms with Crippen molar-refractivity contribution in [1.29, 1.82) is 0 Å². The highest BCUT2D eigenvalue weighted by atomic mass is 16.5. The molecule has 3 N–H and O–H groups in total. The van der Waals surface area contributed by atoms with Crippen LogP contribution >= 0.6 is 0 Å². The van der Waals surface area contributed by atoms with Gasteiger partial charge in [0.25, 0.3) is 0 Å². The monoisotopic (exact) mass is 209 g/mol. The maximum atomic E-state index is 8.61. The molecule has 0 radical (unpaired) electrons. The van der Waals surface area contributed by atoms with Gasteiger partial charge in [0.05, 0.1) is 6.61 Å². The van der Waals surface area contributed by atoms with Crippen LogP contribution in [0.1, 0.15) is 31.4 Å². The first-order valence-corrected chi connectivity index (χ1v) is 5.33. The van der Waals surface area contributed by atoms with Gasteiger partial charge < -0.3 is 15.6 Å². The topological polar surface area (TPSA) is 55.5 Å². The number of ether oxygens (including phenoxy) is 1. The van der Waals surface area contributed by atoms with Gasteiger partial charge in [-0.05, 0) is 37.5 Å². The summed E-state index contributed by atoms with van der Waals surface area (Å²) in [6.45, 7) is 2.82. The Bertz CT molecular complexity index is 287. The maximum absolute atomic E-state index is 8.61. The first-order chi connectivity index (χ1) is 7.24. The number of aliphatic hydroxyl groups excluding tert-OH is 1. The quantitative estimate of drug-likeness (QED) is 0.703. The zero-order chi connectivity index (χ0) is 11.1. The van der Waals surface area contributed by atoms with Crippen LogP contribution in [0, 0.1) is 0 Å². The summed E-state index contributed by atoms with van der Waals surface area (Å²) in [6.07, 6.45) is 1.66. The van der Waals surface area contributed by atoms with E-state index in [1.54, 1.807) is 0 Å². The van der Waals surface area contributed by atoms with Gasteiger partial charge in [0.1, 0.15) is 5.75 Å². The Labute approximate surface area is 90.9 Å². The van der Waals surface area contributed by atoms with Gasteiger partial charge in [0, 0.05) is 12.6 Å². The van der Waals surface area contributed by atoms with E-state index in [-0.39, 0.29) is 12.6 Å². The van der Waals surface area contributed by atoms with Crippen molar-refractivity contribution in [3.05, 3.63) is 29.8 Å². The molecular weight excluding hydrogens is 190 g/mol. The van der Waals surface area contributed by atoms with Crippen molar-refractivity contribution < 1.29 is 9.84 Å². The van der Waals surface area contributed by atoms with Crippen molar-refractivity contribution in [2.24, 2.45) is 5.73 Å². The van der Waals surface area contributed by atoms with Gasteiger partial charge in [-0.25, -0.2) is 0 Å². The summed E-state index contributed by atoms with van der Waals surface area (Å²) in [6, 6.07) is 7.85. The van der Waals surface area contributed by atoms with Crippen molar-refractivity contribution in [2.75, 3.05) is 13.2 Å². The number of benzene rings is 1. The third-order valence-electron chi connectivity index (χ3n) is 2.21. The lowest BCUT2D eigenvalue weighted by Crippen LogP contribution is -2.05. The van der Waals surface area contributed by atoms with Crippen LogP contribution in [0.15, 0.2) is 24.3 Å². The lowest BCUT2D eigenvalue weighted by molar-refractivity contribution is 0.253. The largest absolute Gasteiger partial charge is 0.494 e. The summed E-state index contributed by atoms with van der Waals surface area (Å²) in [7, 11) is 0. The van der Waals surface area contributed by atoms with Gasteiger partial charge in [0.2, 0.25) is 0 Å². The molecule has 0 heterocycles. The molecule has 0 aromatic heterocycles. The molecule has 0 spiro atoms. The van der Waals surface area contributed by atoms with E-state index in [1.807, 2.05) is 31.2 Å². The standard InChI is InChI=1S/C12H19NO2/c1-10(13)11-5-4-6-12(9-11)15-8-3-2-7-14/h4-6,9-10,14H,2-3,7-8,13H2,1H3. The number of hydrogen-bond donors (Lipinski definition) is 2. The summed E-state index contributed by atoms with van der Waals surface area (Å²) in [5.41, 5.74) is 6.85. The second-order valence-electron chi connectivity index (χ2n) is 3.64. The molecule has 15 heavy (non-hydrogen) atoms. The SMILES string of the molecule is CC(N)c1cccc(OCCCCO)c1. The zero-order valence-electron chi connectivity index (χ0n) is 9.15. The van der Waals surface area contributed by atoms with E-state index in [1.165, 1.54) is 0 Å². The maximum Gasteiger partial charge on any atom is 0.119 e. The fraction of sp³-hybridized carbons (Fsp3) is 0.500. The Kier molecular flexibility index (Phi) is 5.15. The third kappa shape index (κ3) is 4.32. The molecule has 1 aromatic carbocycles. The average molecular weight is 209 g/mol. The van der Waals surface area contributed by atoms with Gasteiger partial charge in [-0.1, -0.05) is 12.1 Å². The minimum absolute atomic E-state index is 0.0333. The normalized spacial score (nSPS) is 12.5. The molecule has 0 aliphatic carbocycles. The summed E-state index contributed by atoms with van der Waals surface area (Å²) in [4.78, 5) is 0. The predicted molar refractivity (Wildman–Crippen MR) is 60.9 cm³/mol. The van der Waals surface area contributed by atoms with Crippen molar-refractivity contribution in [3.8, 4) is 5.75 Å². The van der Waals surface area contributed by atoms with Crippen LogP contribution < -0.4 is 10.5 Å². The minimum atomic E-state index is 0.0333. The van der Waals surface area contributed by atoms with Crippen LogP contribution in [-0.4, -0.2) is 18.3 Å². The van der Waals surface area contributed by atoms with Gasteiger partial charge >= 0.3 is 0 Å². The Morgan fingerprint density at radius 2 is 2.20 bits per heavy atom. The second kappa shape index (κ2) is 6.43. The molecule has 0 saturated heterocycles. The summed E-state index contributed by atoms with van der Waals surface area (Å²) in [5, 5.41) is 8.61. The van der Waals surface area contributed by atoms with Gasteiger partial charge in [-0.15, -0.1) is 0 Å². The second-order valence-corrected chi connectivity index (χ2v) is 3.64. The number of hydrogen-bond acceptors (Lipinski definition) is 3. The zero-order valence-corrected chi connectivity index (χ0v) is 9.15. The van der Waals surface area contributed by atoms with Crippen LogP contribution in [0.2, 0.25) is 0 Å². The van der Waals surface area contributed by atoms with E-state index in [0.717, 1.165) is 24.2 Å². The molecule has 0 aliphatic rings. The van der Waals surface area contributed by atoms with Gasteiger partial charge in [-0.2, -0.15) is 0 Å². The minimum Gasteiger partial charge on any atom is -0.494 e. The summed E-state index contributed by atoms with van der Waals surface area (Å²) >= 11 is 0. The molecule has 0 fully saturated rings. The van der Waals surface area contributed by atoms with E-state index in [2.05, 4.69) is 0 Å². The van der Waals surface area contributed by atoms with Crippen LogP contribution in [0.4, 0.5) is 0 Å².